The molecule has 1 N–H and O–H groups in total. The summed E-state index contributed by atoms with van der Waals surface area (Å²) in [7, 11) is 0. The molecule has 1 heterocycles. The molecule has 0 bridgehead atoms. The number of carbonyl (C=O) groups is 1. The van der Waals surface area contributed by atoms with E-state index in [0.717, 1.165) is 13.8 Å². The summed E-state index contributed by atoms with van der Waals surface area (Å²) in [6.07, 6.45) is -6.73. The fraction of sp³-hybridized carbons (Fsp3) is 0.857. The molecule has 1 aliphatic rings. The fourth-order valence-electron chi connectivity index (χ4n) is 1.47. The third-order valence-electron chi connectivity index (χ3n) is 2.02. The number of halogens is 3. The second-order valence-corrected chi connectivity index (χ2v) is 3.49. The number of aliphatic hydroxyl groups is 1. The van der Waals surface area contributed by atoms with E-state index in [9.17, 15) is 18.0 Å². The van der Waals surface area contributed by atoms with E-state index in [1.165, 1.54) is 0 Å². The Hall–Kier alpha value is -0.780. The van der Waals surface area contributed by atoms with Gasteiger partial charge < -0.3 is 9.84 Å². The van der Waals surface area contributed by atoms with E-state index in [4.69, 9.17) is 5.11 Å². The third kappa shape index (κ3) is 1.63. The maximum absolute atomic E-state index is 12.3. The molecule has 0 aliphatic carbocycles. The van der Waals surface area contributed by atoms with Crippen LogP contribution in [-0.4, -0.2) is 29.0 Å². The van der Waals surface area contributed by atoms with Crippen LogP contribution in [0.3, 0.4) is 0 Å². The Balaban J connectivity index is 3.01. The summed E-state index contributed by atoms with van der Waals surface area (Å²) in [6.45, 7) is 2.25. The van der Waals surface area contributed by atoms with Crippen molar-refractivity contribution in [3.05, 3.63) is 0 Å². The van der Waals surface area contributed by atoms with E-state index in [0.29, 0.717) is 0 Å². The summed E-state index contributed by atoms with van der Waals surface area (Å²) >= 11 is 0. The van der Waals surface area contributed by atoms with E-state index >= 15 is 0 Å². The molecule has 6 heteroatoms. The van der Waals surface area contributed by atoms with E-state index in [1.54, 1.807) is 0 Å². The van der Waals surface area contributed by atoms with Crippen LogP contribution in [0, 0.1) is 5.92 Å². The molecule has 1 fully saturated rings. The Bertz CT molecular complexity index is 234. The number of aliphatic hydroxyl groups excluding tert-OH is 1. The van der Waals surface area contributed by atoms with Gasteiger partial charge in [0.05, 0.1) is 0 Å². The topological polar surface area (TPSA) is 46.5 Å². The molecular formula is C7H9F3O3. The van der Waals surface area contributed by atoms with Crippen LogP contribution in [0.25, 0.3) is 0 Å². The molecule has 1 rings (SSSR count). The fourth-order valence-corrected chi connectivity index (χ4v) is 1.47. The summed E-state index contributed by atoms with van der Waals surface area (Å²) in [5.41, 5.74) is -1.69. The Labute approximate surface area is 72.5 Å². The van der Waals surface area contributed by atoms with Gasteiger partial charge in [-0.1, -0.05) is 0 Å². The zero-order valence-corrected chi connectivity index (χ0v) is 7.05. The quantitative estimate of drug-likeness (QED) is 0.587. The highest BCUT2D eigenvalue weighted by Gasteiger charge is 2.62. The highest BCUT2D eigenvalue weighted by Crippen LogP contribution is 2.43. The average molecular weight is 198 g/mol. The lowest BCUT2D eigenvalue weighted by molar-refractivity contribution is -0.216. The van der Waals surface area contributed by atoms with Crippen molar-refractivity contribution in [3.8, 4) is 0 Å². The van der Waals surface area contributed by atoms with Gasteiger partial charge in [-0.25, -0.2) is 4.79 Å². The van der Waals surface area contributed by atoms with Crippen LogP contribution < -0.4 is 0 Å². The number of alkyl halides is 3. The van der Waals surface area contributed by atoms with Gasteiger partial charge in [0.1, 0.15) is 11.5 Å². The van der Waals surface area contributed by atoms with Crippen LogP contribution in [0.15, 0.2) is 0 Å². The number of cyclic esters (lactones) is 1. The summed E-state index contributed by atoms with van der Waals surface area (Å²) in [4.78, 5) is 10.7. The first-order valence-corrected chi connectivity index (χ1v) is 3.64. The minimum absolute atomic E-state index is 1.12. The average Bonchev–Trinajstić information content (AvgIpc) is 1.99. The van der Waals surface area contributed by atoms with Crippen molar-refractivity contribution in [1.29, 1.82) is 0 Å². The van der Waals surface area contributed by atoms with Crippen molar-refractivity contribution >= 4 is 5.97 Å². The van der Waals surface area contributed by atoms with Crippen LogP contribution in [0.2, 0.25) is 0 Å². The monoisotopic (exact) mass is 198 g/mol. The Kier molecular flexibility index (Phi) is 2.06. The van der Waals surface area contributed by atoms with Crippen molar-refractivity contribution < 1.29 is 27.8 Å². The lowest BCUT2D eigenvalue weighted by Gasteiger charge is -2.27. The molecule has 0 radical (unpaired) electrons. The molecule has 0 spiro atoms. The molecule has 0 saturated carbocycles. The number of rotatable bonds is 0. The minimum Gasteiger partial charge on any atom is -0.457 e. The lowest BCUT2D eigenvalue weighted by Crippen LogP contribution is -2.43. The van der Waals surface area contributed by atoms with Crippen LogP contribution in [0.1, 0.15) is 13.8 Å². The molecule has 3 nitrogen and oxygen atoms in total. The predicted octanol–water partition coefficient (Wildman–Crippen LogP) is 0.861. The maximum Gasteiger partial charge on any atom is 0.398 e. The summed E-state index contributed by atoms with van der Waals surface area (Å²) in [5, 5.41) is 8.93. The summed E-state index contributed by atoms with van der Waals surface area (Å²) in [5.74, 6) is -3.36. The standard InChI is InChI=1S/C7H9F3O3/c1-6(2)4(7(8,9)10)3(11)5(12)13-6/h3-4,11H,1-2H3. The molecule has 2 unspecified atom stereocenters. The predicted molar refractivity (Wildman–Crippen MR) is 35.7 cm³/mol. The van der Waals surface area contributed by atoms with E-state index in [2.05, 4.69) is 4.74 Å². The van der Waals surface area contributed by atoms with E-state index in [-0.39, 0.29) is 0 Å². The first-order valence-electron chi connectivity index (χ1n) is 3.64. The number of carbonyl (C=O) groups excluding carboxylic acids is 1. The first kappa shape index (κ1) is 10.3. The minimum atomic E-state index is -4.63. The first-order chi connectivity index (χ1) is 5.66. The molecule has 2 atom stereocenters. The maximum atomic E-state index is 12.3. The van der Waals surface area contributed by atoms with Gasteiger partial charge in [0.2, 0.25) is 0 Å². The van der Waals surface area contributed by atoms with Crippen LogP contribution in [-0.2, 0) is 9.53 Å². The zero-order chi connectivity index (χ0) is 10.4. The summed E-state index contributed by atoms with van der Waals surface area (Å²) < 4.78 is 41.3. The van der Waals surface area contributed by atoms with Crippen molar-refractivity contribution in [1.82, 2.24) is 0 Å². The van der Waals surface area contributed by atoms with Crippen LogP contribution in [0.4, 0.5) is 13.2 Å². The molecular weight excluding hydrogens is 189 g/mol. The Morgan fingerprint density at radius 3 is 2.08 bits per heavy atom. The zero-order valence-electron chi connectivity index (χ0n) is 7.05. The van der Waals surface area contributed by atoms with Crippen molar-refractivity contribution in [3.63, 3.8) is 0 Å². The van der Waals surface area contributed by atoms with Gasteiger partial charge in [0, 0.05) is 0 Å². The van der Waals surface area contributed by atoms with Crippen molar-refractivity contribution in [2.45, 2.75) is 31.7 Å². The molecule has 0 amide bonds. The van der Waals surface area contributed by atoms with Crippen molar-refractivity contribution in [2.75, 3.05) is 0 Å². The van der Waals surface area contributed by atoms with Gasteiger partial charge in [-0.2, -0.15) is 13.2 Å². The highest BCUT2D eigenvalue weighted by atomic mass is 19.4. The van der Waals surface area contributed by atoms with Crippen LogP contribution >= 0.6 is 0 Å². The molecule has 76 valence electrons. The van der Waals surface area contributed by atoms with Gasteiger partial charge in [0.15, 0.2) is 6.10 Å². The van der Waals surface area contributed by atoms with Crippen molar-refractivity contribution in [2.24, 2.45) is 5.92 Å². The largest absolute Gasteiger partial charge is 0.457 e. The van der Waals surface area contributed by atoms with Gasteiger partial charge in [-0.15, -0.1) is 0 Å². The number of hydrogen-bond donors (Lipinski definition) is 1. The van der Waals surface area contributed by atoms with Crippen LogP contribution in [0.5, 0.6) is 0 Å². The Morgan fingerprint density at radius 2 is 1.92 bits per heavy atom. The second kappa shape index (κ2) is 2.60. The normalized spacial score (nSPS) is 33.2. The lowest BCUT2D eigenvalue weighted by atomic mass is 9.88. The summed E-state index contributed by atoms with van der Waals surface area (Å²) in [6, 6.07) is 0. The van der Waals surface area contributed by atoms with E-state index in [1.807, 2.05) is 0 Å². The third-order valence-corrected chi connectivity index (χ3v) is 2.02. The molecule has 0 aromatic carbocycles. The number of esters is 1. The molecule has 0 aromatic heterocycles. The number of hydrogen-bond acceptors (Lipinski definition) is 3. The van der Waals surface area contributed by atoms with Gasteiger partial charge in [-0.3, -0.25) is 0 Å². The molecule has 0 aromatic rings. The smallest absolute Gasteiger partial charge is 0.398 e. The van der Waals surface area contributed by atoms with Gasteiger partial charge in [-0.05, 0) is 13.8 Å². The SMILES string of the molecule is CC1(C)OC(=O)C(O)C1C(F)(F)F. The van der Waals surface area contributed by atoms with Gasteiger partial charge in [0.25, 0.3) is 0 Å². The second-order valence-electron chi connectivity index (χ2n) is 3.49. The van der Waals surface area contributed by atoms with E-state index < -0.39 is 29.8 Å². The van der Waals surface area contributed by atoms with Gasteiger partial charge >= 0.3 is 12.1 Å². The highest BCUT2D eigenvalue weighted by molar-refractivity contribution is 5.78. The number of ether oxygens (including phenoxy) is 1. The molecule has 1 aliphatic heterocycles. The molecule has 1 saturated heterocycles. The molecule has 13 heavy (non-hydrogen) atoms. The Morgan fingerprint density at radius 1 is 1.46 bits per heavy atom.